The molecule has 0 aromatic carbocycles. The van der Waals surface area contributed by atoms with Gasteiger partial charge in [0.05, 0.1) is 5.69 Å². The van der Waals surface area contributed by atoms with E-state index in [-0.39, 0.29) is 0 Å². The Morgan fingerprint density at radius 3 is 2.90 bits per heavy atom. The number of nitrogens with one attached hydrogen (secondary N) is 1. The third-order valence-electron chi connectivity index (χ3n) is 2.99. The molecule has 2 aromatic heterocycles. The minimum absolute atomic E-state index is 0.637. The van der Waals surface area contributed by atoms with E-state index in [4.69, 9.17) is 4.74 Å². The first kappa shape index (κ1) is 14.5. The molecule has 0 amide bonds. The van der Waals surface area contributed by atoms with Gasteiger partial charge >= 0.3 is 0 Å². The normalized spacial score (nSPS) is 10.5. The minimum atomic E-state index is 0.637. The maximum atomic E-state index is 5.78. The molecule has 0 bridgehead atoms. The van der Waals surface area contributed by atoms with Gasteiger partial charge in [-0.3, -0.25) is 9.97 Å². The SMILES string of the molecule is CCc1nc(C)ccc1OCCNCc1cccnc1. The fourth-order valence-corrected chi connectivity index (χ4v) is 1.95. The van der Waals surface area contributed by atoms with E-state index in [0.29, 0.717) is 6.61 Å². The molecule has 4 heteroatoms. The molecule has 2 aromatic rings. The van der Waals surface area contributed by atoms with Crippen molar-refractivity contribution < 1.29 is 4.74 Å². The summed E-state index contributed by atoms with van der Waals surface area (Å²) in [5.74, 6) is 0.890. The zero-order chi connectivity index (χ0) is 14.2. The molecule has 0 radical (unpaired) electrons. The summed E-state index contributed by atoms with van der Waals surface area (Å²) in [6.07, 6.45) is 4.54. The highest BCUT2D eigenvalue weighted by Gasteiger charge is 2.03. The third-order valence-corrected chi connectivity index (χ3v) is 2.99. The van der Waals surface area contributed by atoms with E-state index < -0.39 is 0 Å². The first-order valence-electron chi connectivity index (χ1n) is 6.98. The predicted molar refractivity (Wildman–Crippen MR) is 79.8 cm³/mol. The number of aryl methyl sites for hydroxylation is 2. The highest BCUT2D eigenvalue weighted by molar-refractivity contribution is 5.29. The van der Waals surface area contributed by atoms with Crippen molar-refractivity contribution in [3.05, 3.63) is 53.6 Å². The van der Waals surface area contributed by atoms with Crippen molar-refractivity contribution >= 4 is 0 Å². The molecular formula is C16H21N3O. The number of hydrogen-bond acceptors (Lipinski definition) is 4. The van der Waals surface area contributed by atoms with Crippen LogP contribution in [0.2, 0.25) is 0 Å². The Kier molecular flexibility index (Phi) is 5.50. The van der Waals surface area contributed by atoms with Crippen molar-refractivity contribution in [1.82, 2.24) is 15.3 Å². The maximum absolute atomic E-state index is 5.78. The van der Waals surface area contributed by atoms with Crippen LogP contribution in [0.1, 0.15) is 23.9 Å². The molecule has 0 saturated carbocycles. The van der Waals surface area contributed by atoms with Crippen molar-refractivity contribution in [2.24, 2.45) is 0 Å². The average Bonchev–Trinajstić information content (AvgIpc) is 2.49. The number of ether oxygens (including phenoxy) is 1. The van der Waals surface area contributed by atoms with Gasteiger partial charge in [-0.1, -0.05) is 13.0 Å². The van der Waals surface area contributed by atoms with Crippen molar-refractivity contribution in [3.63, 3.8) is 0 Å². The number of nitrogens with zero attached hydrogens (tertiary/aromatic N) is 2. The molecule has 4 nitrogen and oxygen atoms in total. The Labute approximate surface area is 120 Å². The fourth-order valence-electron chi connectivity index (χ4n) is 1.95. The molecule has 106 valence electrons. The Bertz CT molecular complexity index is 529. The second-order valence-corrected chi connectivity index (χ2v) is 4.64. The monoisotopic (exact) mass is 271 g/mol. The smallest absolute Gasteiger partial charge is 0.140 e. The summed E-state index contributed by atoms with van der Waals surface area (Å²) in [6.45, 7) is 6.33. The van der Waals surface area contributed by atoms with Gasteiger partial charge in [0.25, 0.3) is 0 Å². The molecule has 0 aliphatic rings. The van der Waals surface area contributed by atoms with Crippen LogP contribution < -0.4 is 10.1 Å². The number of pyridine rings is 2. The molecule has 1 N–H and O–H groups in total. The Morgan fingerprint density at radius 2 is 2.15 bits per heavy atom. The number of aromatic nitrogens is 2. The summed E-state index contributed by atoms with van der Waals surface area (Å²) >= 11 is 0. The van der Waals surface area contributed by atoms with Gasteiger partial charge in [0, 0.05) is 31.2 Å². The van der Waals surface area contributed by atoms with Gasteiger partial charge in [-0.15, -0.1) is 0 Å². The van der Waals surface area contributed by atoms with E-state index in [1.54, 1.807) is 6.20 Å². The number of rotatable bonds is 7. The maximum Gasteiger partial charge on any atom is 0.140 e. The van der Waals surface area contributed by atoms with Gasteiger partial charge in [0.1, 0.15) is 12.4 Å². The molecule has 0 aliphatic carbocycles. The Morgan fingerprint density at radius 1 is 1.25 bits per heavy atom. The zero-order valence-corrected chi connectivity index (χ0v) is 12.1. The van der Waals surface area contributed by atoms with Crippen LogP contribution in [0.4, 0.5) is 0 Å². The summed E-state index contributed by atoms with van der Waals surface area (Å²) in [7, 11) is 0. The third kappa shape index (κ3) is 4.31. The van der Waals surface area contributed by atoms with Crippen LogP contribution in [0.5, 0.6) is 5.75 Å². The lowest BCUT2D eigenvalue weighted by Crippen LogP contribution is -2.21. The molecule has 0 fully saturated rings. The van der Waals surface area contributed by atoms with Crippen molar-refractivity contribution in [3.8, 4) is 5.75 Å². The van der Waals surface area contributed by atoms with Crippen LogP contribution in [-0.4, -0.2) is 23.1 Å². The first-order valence-corrected chi connectivity index (χ1v) is 6.98. The summed E-state index contributed by atoms with van der Waals surface area (Å²) in [4.78, 5) is 8.57. The molecule has 0 spiro atoms. The highest BCUT2D eigenvalue weighted by Crippen LogP contribution is 2.17. The minimum Gasteiger partial charge on any atom is -0.490 e. The predicted octanol–water partition coefficient (Wildman–Crippen LogP) is 2.52. The Hall–Kier alpha value is -1.94. The summed E-state index contributed by atoms with van der Waals surface area (Å²) in [5.41, 5.74) is 3.24. The van der Waals surface area contributed by atoms with E-state index in [9.17, 15) is 0 Å². The molecule has 0 saturated heterocycles. The van der Waals surface area contributed by atoms with E-state index in [1.807, 2.05) is 31.3 Å². The summed E-state index contributed by atoms with van der Waals surface area (Å²) in [6, 6.07) is 7.98. The van der Waals surface area contributed by atoms with Gasteiger partial charge in [-0.2, -0.15) is 0 Å². The number of hydrogen-bond donors (Lipinski definition) is 1. The van der Waals surface area contributed by atoms with Crippen LogP contribution in [0.15, 0.2) is 36.7 Å². The lowest BCUT2D eigenvalue weighted by molar-refractivity contribution is 0.309. The molecule has 0 atom stereocenters. The average molecular weight is 271 g/mol. The fraction of sp³-hybridized carbons (Fsp3) is 0.375. The molecule has 0 unspecified atom stereocenters. The first-order chi connectivity index (χ1) is 9.79. The van der Waals surface area contributed by atoms with Crippen LogP contribution in [0.3, 0.4) is 0 Å². The second-order valence-electron chi connectivity index (χ2n) is 4.64. The van der Waals surface area contributed by atoms with E-state index in [0.717, 1.165) is 36.6 Å². The van der Waals surface area contributed by atoms with Gasteiger partial charge < -0.3 is 10.1 Å². The van der Waals surface area contributed by atoms with Crippen molar-refractivity contribution in [1.29, 1.82) is 0 Å². The molecule has 2 heterocycles. The van der Waals surface area contributed by atoms with Gasteiger partial charge in [0.2, 0.25) is 0 Å². The largest absolute Gasteiger partial charge is 0.490 e. The topological polar surface area (TPSA) is 47.0 Å². The van der Waals surface area contributed by atoms with Crippen LogP contribution in [0, 0.1) is 6.92 Å². The lowest BCUT2D eigenvalue weighted by atomic mass is 10.2. The van der Waals surface area contributed by atoms with Gasteiger partial charge in [0.15, 0.2) is 0 Å². The lowest BCUT2D eigenvalue weighted by Gasteiger charge is -2.11. The van der Waals surface area contributed by atoms with E-state index in [2.05, 4.69) is 28.3 Å². The molecule has 20 heavy (non-hydrogen) atoms. The molecular weight excluding hydrogens is 250 g/mol. The van der Waals surface area contributed by atoms with Crippen molar-refractivity contribution in [2.75, 3.05) is 13.2 Å². The van der Waals surface area contributed by atoms with Gasteiger partial charge in [-0.25, -0.2) is 0 Å². The van der Waals surface area contributed by atoms with Crippen LogP contribution >= 0.6 is 0 Å². The van der Waals surface area contributed by atoms with Crippen LogP contribution in [-0.2, 0) is 13.0 Å². The Balaban J connectivity index is 1.73. The van der Waals surface area contributed by atoms with E-state index >= 15 is 0 Å². The molecule has 0 aliphatic heterocycles. The van der Waals surface area contributed by atoms with Crippen LogP contribution in [0.25, 0.3) is 0 Å². The summed E-state index contributed by atoms with van der Waals surface area (Å²) in [5, 5.41) is 3.34. The molecule has 2 rings (SSSR count). The summed E-state index contributed by atoms with van der Waals surface area (Å²) < 4.78 is 5.78. The van der Waals surface area contributed by atoms with Gasteiger partial charge in [-0.05, 0) is 37.1 Å². The second kappa shape index (κ2) is 7.60. The highest BCUT2D eigenvalue weighted by atomic mass is 16.5. The zero-order valence-electron chi connectivity index (χ0n) is 12.1. The standard InChI is InChI=1S/C16H21N3O/c1-3-15-16(7-6-13(2)19-15)20-10-9-18-12-14-5-4-8-17-11-14/h4-8,11,18H,3,9-10,12H2,1-2H3. The van der Waals surface area contributed by atoms with Crippen molar-refractivity contribution in [2.45, 2.75) is 26.8 Å². The quantitative estimate of drug-likeness (QED) is 0.786. The van der Waals surface area contributed by atoms with E-state index in [1.165, 1.54) is 5.56 Å².